The summed E-state index contributed by atoms with van der Waals surface area (Å²) in [6, 6.07) is 26.7. The largest absolute Gasteiger partial charge is 0.457 e. The van der Waals surface area contributed by atoms with Crippen LogP contribution in [0.15, 0.2) is 78.9 Å². The van der Waals surface area contributed by atoms with Crippen molar-refractivity contribution in [3.05, 3.63) is 95.6 Å². The van der Waals surface area contributed by atoms with E-state index in [4.69, 9.17) is 4.74 Å². The third-order valence-electron chi connectivity index (χ3n) is 3.60. The van der Waals surface area contributed by atoms with Gasteiger partial charge >= 0.3 is 0 Å². The fraction of sp³-hybridized carbons (Fsp3) is 0.100. The van der Waals surface area contributed by atoms with Crippen molar-refractivity contribution in [2.24, 2.45) is 0 Å². The molecule has 21 heavy (non-hydrogen) atoms. The molecule has 0 saturated carbocycles. The summed E-state index contributed by atoms with van der Waals surface area (Å²) < 4.78 is 5.99. The van der Waals surface area contributed by atoms with E-state index in [1.807, 2.05) is 42.5 Å². The van der Waals surface area contributed by atoms with Gasteiger partial charge in [-0.3, -0.25) is 0 Å². The average Bonchev–Trinajstić information content (AvgIpc) is 2.53. The summed E-state index contributed by atoms with van der Waals surface area (Å²) in [7, 11) is 0. The molecule has 0 radical (unpaired) electrons. The zero-order valence-corrected chi connectivity index (χ0v) is 12.1. The molecule has 0 atom stereocenters. The maximum absolute atomic E-state index is 5.99. The van der Waals surface area contributed by atoms with Crippen molar-refractivity contribution in [3.63, 3.8) is 0 Å². The van der Waals surface area contributed by atoms with Crippen LogP contribution in [0, 0.1) is 6.92 Å². The van der Waals surface area contributed by atoms with E-state index in [-0.39, 0.29) is 0 Å². The zero-order chi connectivity index (χ0) is 14.5. The SMILES string of the molecule is Cc1c(Cc2ccccc2)cccc1Oc1ccccc1. The Morgan fingerprint density at radius 3 is 2.10 bits per heavy atom. The Hall–Kier alpha value is -2.54. The van der Waals surface area contributed by atoms with Gasteiger partial charge in [-0.1, -0.05) is 60.7 Å². The van der Waals surface area contributed by atoms with Crippen molar-refractivity contribution in [2.45, 2.75) is 13.3 Å². The molecule has 0 bridgehead atoms. The summed E-state index contributed by atoms with van der Waals surface area (Å²) in [4.78, 5) is 0. The smallest absolute Gasteiger partial charge is 0.130 e. The van der Waals surface area contributed by atoms with Gasteiger partial charge in [0.25, 0.3) is 0 Å². The van der Waals surface area contributed by atoms with Crippen LogP contribution in [0.5, 0.6) is 11.5 Å². The number of ether oxygens (including phenoxy) is 1. The van der Waals surface area contributed by atoms with Crippen LogP contribution in [0.3, 0.4) is 0 Å². The number of benzene rings is 3. The van der Waals surface area contributed by atoms with Gasteiger partial charge in [0.1, 0.15) is 11.5 Å². The van der Waals surface area contributed by atoms with E-state index in [9.17, 15) is 0 Å². The summed E-state index contributed by atoms with van der Waals surface area (Å²) in [6.07, 6.45) is 0.929. The molecule has 0 unspecified atom stereocenters. The van der Waals surface area contributed by atoms with Gasteiger partial charge in [-0.05, 0) is 48.2 Å². The third-order valence-corrected chi connectivity index (χ3v) is 3.60. The average molecular weight is 274 g/mol. The highest BCUT2D eigenvalue weighted by Gasteiger charge is 2.06. The molecule has 3 rings (SSSR count). The predicted molar refractivity (Wildman–Crippen MR) is 86.9 cm³/mol. The lowest BCUT2D eigenvalue weighted by Crippen LogP contribution is -1.95. The van der Waals surface area contributed by atoms with Crippen molar-refractivity contribution in [2.75, 3.05) is 0 Å². The molecule has 0 saturated heterocycles. The monoisotopic (exact) mass is 274 g/mol. The first-order valence-electron chi connectivity index (χ1n) is 7.18. The number of hydrogen-bond acceptors (Lipinski definition) is 1. The molecule has 3 aromatic carbocycles. The fourth-order valence-electron chi connectivity index (χ4n) is 2.39. The molecule has 0 aliphatic carbocycles. The van der Waals surface area contributed by atoms with Crippen LogP contribution >= 0.6 is 0 Å². The van der Waals surface area contributed by atoms with E-state index >= 15 is 0 Å². The maximum atomic E-state index is 5.99. The van der Waals surface area contributed by atoms with E-state index < -0.39 is 0 Å². The van der Waals surface area contributed by atoms with E-state index in [1.54, 1.807) is 0 Å². The Kier molecular flexibility index (Phi) is 4.02. The zero-order valence-electron chi connectivity index (χ0n) is 12.1. The number of hydrogen-bond donors (Lipinski definition) is 0. The van der Waals surface area contributed by atoms with Crippen LogP contribution < -0.4 is 4.74 Å². The molecule has 0 amide bonds. The van der Waals surface area contributed by atoms with E-state index in [2.05, 4.69) is 43.3 Å². The maximum Gasteiger partial charge on any atom is 0.130 e. The molecule has 0 aliphatic rings. The predicted octanol–water partition coefficient (Wildman–Crippen LogP) is 5.38. The Morgan fingerprint density at radius 1 is 0.714 bits per heavy atom. The summed E-state index contributed by atoms with van der Waals surface area (Å²) in [5.74, 6) is 1.80. The molecule has 0 fully saturated rings. The molecule has 3 aromatic rings. The highest BCUT2D eigenvalue weighted by Crippen LogP contribution is 2.28. The Balaban J connectivity index is 1.85. The highest BCUT2D eigenvalue weighted by atomic mass is 16.5. The van der Waals surface area contributed by atoms with Gasteiger partial charge in [-0.2, -0.15) is 0 Å². The topological polar surface area (TPSA) is 9.23 Å². The van der Waals surface area contributed by atoms with Crippen molar-refractivity contribution >= 4 is 0 Å². The molecule has 0 N–H and O–H groups in total. The molecule has 0 spiro atoms. The molecule has 1 heteroatoms. The lowest BCUT2D eigenvalue weighted by molar-refractivity contribution is 0.478. The van der Waals surface area contributed by atoms with E-state index in [0.29, 0.717) is 0 Å². The van der Waals surface area contributed by atoms with Gasteiger partial charge in [0.2, 0.25) is 0 Å². The molecule has 0 heterocycles. The molecule has 104 valence electrons. The van der Waals surface area contributed by atoms with Crippen LogP contribution in [0.2, 0.25) is 0 Å². The number of rotatable bonds is 4. The van der Waals surface area contributed by atoms with Crippen molar-refractivity contribution in [1.29, 1.82) is 0 Å². The van der Waals surface area contributed by atoms with Crippen LogP contribution in [0.25, 0.3) is 0 Å². The van der Waals surface area contributed by atoms with Gasteiger partial charge < -0.3 is 4.74 Å². The Morgan fingerprint density at radius 2 is 1.38 bits per heavy atom. The standard InChI is InChI=1S/C20H18O/c1-16-18(15-17-9-4-2-5-10-17)11-8-14-20(16)21-19-12-6-3-7-13-19/h2-14H,15H2,1H3. The van der Waals surface area contributed by atoms with E-state index in [1.165, 1.54) is 16.7 Å². The quantitative estimate of drug-likeness (QED) is 0.620. The minimum atomic E-state index is 0.873. The molecule has 0 aromatic heterocycles. The van der Waals surface area contributed by atoms with Gasteiger partial charge in [0.15, 0.2) is 0 Å². The first-order chi connectivity index (χ1) is 10.3. The lowest BCUT2D eigenvalue weighted by Gasteiger charge is -2.12. The first kappa shape index (κ1) is 13.4. The molecular weight excluding hydrogens is 256 g/mol. The summed E-state index contributed by atoms with van der Waals surface area (Å²) >= 11 is 0. The summed E-state index contributed by atoms with van der Waals surface area (Å²) in [6.45, 7) is 2.12. The normalized spacial score (nSPS) is 10.3. The van der Waals surface area contributed by atoms with Gasteiger partial charge in [0.05, 0.1) is 0 Å². The molecular formula is C20H18O. The van der Waals surface area contributed by atoms with Crippen molar-refractivity contribution in [3.8, 4) is 11.5 Å². The molecule has 0 aliphatic heterocycles. The minimum absolute atomic E-state index is 0.873. The second-order valence-electron chi connectivity index (χ2n) is 5.12. The number of para-hydroxylation sites is 1. The summed E-state index contributed by atoms with van der Waals surface area (Å²) in [5.41, 5.74) is 3.82. The van der Waals surface area contributed by atoms with E-state index in [0.717, 1.165) is 17.9 Å². The third kappa shape index (κ3) is 3.32. The first-order valence-corrected chi connectivity index (χ1v) is 7.18. The van der Waals surface area contributed by atoms with Crippen molar-refractivity contribution < 1.29 is 4.74 Å². The van der Waals surface area contributed by atoms with Gasteiger partial charge in [-0.15, -0.1) is 0 Å². The van der Waals surface area contributed by atoms with Crippen LogP contribution in [-0.4, -0.2) is 0 Å². The minimum Gasteiger partial charge on any atom is -0.457 e. The molecule has 1 nitrogen and oxygen atoms in total. The van der Waals surface area contributed by atoms with Crippen LogP contribution in [0.1, 0.15) is 16.7 Å². The lowest BCUT2D eigenvalue weighted by atomic mass is 10.00. The Bertz CT molecular complexity index is 643. The van der Waals surface area contributed by atoms with Gasteiger partial charge in [0, 0.05) is 0 Å². The van der Waals surface area contributed by atoms with Crippen LogP contribution in [-0.2, 0) is 6.42 Å². The Labute approximate surface area is 125 Å². The summed E-state index contributed by atoms with van der Waals surface area (Å²) in [5, 5.41) is 0. The fourth-order valence-corrected chi connectivity index (χ4v) is 2.39. The second kappa shape index (κ2) is 6.27. The van der Waals surface area contributed by atoms with Crippen molar-refractivity contribution in [1.82, 2.24) is 0 Å². The second-order valence-corrected chi connectivity index (χ2v) is 5.12. The van der Waals surface area contributed by atoms with Crippen LogP contribution in [0.4, 0.5) is 0 Å². The highest BCUT2D eigenvalue weighted by molar-refractivity contribution is 5.43. The van der Waals surface area contributed by atoms with Gasteiger partial charge in [-0.25, -0.2) is 0 Å².